The number of carbonyl (C=O) groups excluding carboxylic acids is 1. The molecule has 0 unspecified atom stereocenters. The van der Waals surface area contributed by atoms with E-state index in [0.29, 0.717) is 29.8 Å². The number of aryl methyl sites for hydroxylation is 1. The van der Waals surface area contributed by atoms with Gasteiger partial charge in [0.05, 0.1) is 20.6 Å². The number of benzene rings is 2. The second kappa shape index (κ2) is 8.57. The lowest BCUT2D eigenvalue weighted by Crippen LogP contribution is -2.32. The first-order chi connectivity index (χ1) is 14.6. The minimum atomic E-state index is -0.198. The number of likely N-dealkylation sites (tertiary alicyclic amines) is 1. The van der Waals surface area contributed by atoms with Gasteiger partial charge in [0, 0.05) is 18.2 Å². The van der Waals surface area contributed by atoms with Crippen molar-refractivity contribution in [3.63, 3.8) is 0 Å². The van der Waals surface area contributed by atoms with Crippen molar-refractivity contribution in [2.24, 2.45) is 0 Å². The van der Waals surface area contributed by atoms with Gasteiger partial charge in [0.1, 0.15) is 17.5 Å². The topological polar surface area (TPSA) is 77.7 Å². The summed E-state index contributed by atoms with van der Waals surface area (Å²) >= 11 is 0. The van der Waals surface area contributed by atoms with Crippen molar-refractivity contribution >= 4 is 5.91 Å². The number of amides is 1. The van der Waals surface area contributed by atoms with Crippen LogP contribution in [-0.2, 0) is 11.2 Å². The normalized spacial score (nSPS) is 16.0. The van der Waals surface area contributed by atoms with Gasteiger partial charge in [-0.2, -0.15) is 4.98 Å². The Morgan fingerprint density at radius 1 is 1.17 bits per heavy atom. The van der Waals surface area contributed by atoms with Crippen LogP contribution in [0.3, 0.4) is 0 Å². The quantitative estimate of drug-likeness (QED) is 0.615. The molecule has 156 valence electrons. The minimum Gasteiger partial charge on any atom is -0.497 e. The Labute approximate surface area is 175 Å². The number of methoxy groups -OCH3 is 2. The van der Waals surface area contributed by atoms with E-state index in [-0.39, 0.29) is 18.4 Å². The molecule has 7 heteroatoms. The standard InChI is InChI=1S/C23H25N3O4/c1-15-6-4-7-17(10-15)22-24-23(30-25-22)20-8-5-9-26(20)21(27)13-16-11-18(28-2)14-19(12-16)29-3/h4,6-7,10-12,14,20H,5,8-9,13H2,1-3H3/t20-/m0/s1. The van der Waals surface area contributed by atoms with Crippen molar-refractivity contribution in [3.05, 3.63) is 59.5 Å². The Balaban J connectivity index is 1.52. The van der Waals surface area contributed by atoms with E-state index in [1.807, 2.05) is 48.2 Å². The van der Waals surface area contributed by atoms with Crippen LogP contribution in [0, 0.1) is 6.92 Å². The fourth-order valence-electron chi connectivity index (χ4n) is 3.84. The zero-order chi connectivity index (χ0) is 21.1. The van der Waals surface area contributed by atoms with Gasteiger partial charge in [-0.1, -0.05) is 28.9 Å². The van der Waals surface area contributed by atoms with Gasteiger partial charge >= 0.3 is 0 Å². The summed E-state index contributed by atoms with van der Waals surface area (Å²) in [5.41, 5.74) is 2.88. The van der Waals surface area contributed by atoms with Crippen LogP contribution in [0.4, 0.5) is 0 Å². The molecule has 1 aliphatic rings. The second-order valence-electron chi connectivity index (χ2n) is 7.47. The highest BCUT2D eigenvalue weighted by Gasteiger charge is 2.34. The molecule has 0 spiro atoms. The highest BCUT2D eigenvalue weighted by molar-refractivity contribution is 5.79. The highest BCUT2D eigenvalue weighted by atomic mass is 16.5. The lowest BCUT2D eigenvalue weighted by atomic mass is 10.1. The summed E-state index contributed by atoms with van der Waals surface area (Å²) in [5, 5.41) is 4.14. The van der Waals surface area contributed by atoms with E-state index >= 15 is 0 Å². The number of carbonyl (C=O) groups is 1. The van der Waals surface area contributed by atoms with Crippen molar-refractivity contribution < 1.29 is 18.8 Å². The number of ether oxygens (including phenoxy) is 2. The van der Waals surface area contributed by atoms with E-state index in [0.717, 1.165) is 29.5 Å². The predicted octanol–water partition coefficient (Wildman–Crippen LogP) is 3.97. The number of rotatable bonds is 6. The third kappa shape index (κ3) is 4.15. The first-order valence-corrected chi connectivity index (χ1v) is 9.99. The largest absolute Gasteiger partial charge is 0.497 e. The monoisotopic (exact) mass is 407 g/mol. The van der Waals surface area contributed by atoms with Gasteiger partial charge in [-0.3, -0.25) is 4.79 Å². The molecule has 0 aliphatic carbocycles. The molecule has 1 amide bonds. The maximum Gasteiger partial charge on any atom is 0.249 e. The zero-order valence-corrected chi connectivity index (χ0v) is 17.4. The van der Waals surface area contributed by atoms with Crippen LogP contribution in [0.2, 0.25) is 0 Å². The average molecular weight is 407 g/mol. The highest BCUT2D eigenvalue weighted by Crippen LogP contribution is 2.33. The molecule has 1 aromatic heterocycles. The molecule has 3 aromatic rings. The predicted molar refractivity (Wildman–Crippen MR) is 111 cm³/mol. The van der Waals surface area contributed by atoms with Gasteiger partial charge in [0.25, 0.3) is 0 Å². The van der Waals surface area contributed by atoms with E-state index in [9.17, 15) is 4.79 Å². The Kier molecular flexibility index (Phi) is 5.70. The van der Waals surface area contributed by atoms with E-state index in [2.05, 4.69) is 10.1 Å². The maximum absolute atomic E-state index is 13.1. The fourth-order valence-corrected chi connectivity index (χ4v) is 3.84. The molecule has 0 N–H and O–H groups in total. The van der Waals surface area contributed by atoms with Crippen LogP contribution in [0.1, 0.15) is 35.9 Å². The number of aromatic nitrogens is 2. The Morgan fingerprint density at radius 3 is 2.63 bits per heavy atom. The van der Waals surface area contributed by atoms with Gasteiger partial charge < -0.3 is 18.9 Å². The van der Waals surface area contributed by atoms with Crippen LogP contribution < -0.4 is 9.47 Å². The third-order valence-electron chi connectivity index (χ3n) is 5.34. The van der Waals surface area contributed by atoms with Crippen LogP contribution in [-0.4, -0.2) is 41.7 Å². The van der Waals surface area contributed by atoms with Gasteiger partial charge in [-0.05, 0) is 43.5 Å². The van der Waals surface area contributed by atoms with Gasteiger partial charge in [-0.15, -0.1) is 0 Å². The van der Waals surface area contributed by atoms with E-state index in [1.54, 1.807) is 20.3 Å². The molecule has 2 aromatic carbocycles. The molecule has 1 aliphatic heterocycles. The van der Waals surface area contributed by atoms with E-state index in [1.165, 1.54) is 0 Å². The summed E-state index contributed by atoms with van der Waals surface area (Å²) in [6, 6.07) is 13.3. The van der Waals surface area contributed by atoms with Crippen molar-refractivity contribution in [3.8, 4) is 22.9 Å². The second-order valence-corrected chi connectivity index (χ2v) is 7.47. The molecule has 1 atom stereocenters. The molecule has 0 bridgehead atoms. The first-order valence-electron chi connectivity index (χ1n) is 9.99. The number of hydrogen-bond acceptors (Lipinski definition) is 6. The van der Waals surface area contributed by atoms with Crippen LogP contribution in [0.15, 0.2) is 47.0 Å². The summed E-state index contributed by atoms with van der Waals surface area (Å²) in [6.07, 6.45) is 1.96. The summed E-state index contributed by atoms with van der Waals surface area (Å²) in [5.74, 6) is 2.37. The van der Waals surface area contributed by atoms with Crippen LogP contribution in [0.5, 0.6) is 11.5 Å². The number of nitrogens with zero attached hydrogens (tertiary/aromatic N) is 3. The lowest BCUT2D eigenvalue weighted by Gasteiger charge is -2.22. The molecule has 2 heterocycles. The fraction of sp³-hybridized carbons (Fsp3) is 0.348. The van der Waals surface area contributed by atoms with Gasteiger partial charge in [-0.25, -0.2) is 0 Å². The molecule has 0 saturated carbocycles. The Morgan fingerprint density at radius 2 is 1.93 bits per heavy atom. The summed E-state index contributed by atoms with van der Waals surface area (Å²) < 4.78 is 16.2. The molecule has 1 saturated heterocycles. The SMILES string of the molecule is COc1cc(CC(=O)N2CCC[C@H]2c2nc(-c3cccc(C)c3)no2)cc(OC)c1. The van der Waals surface area contributed by atoms with Crippen LogP contribution >= 0.6 is 0 Å². The molecular weight excluding hydrogens is 382 g/mol. The smallest absolute Gasteiger partial charge is 0.249 e. The molecular formula is C23H25N3O4. The Hall–Kier alpha value is -3.35. The lowest BCUT2D eigenvalue weighted by molar-refractivity contribution is -0.131. The average Bonchev–Trinajstić information content (AvgIpc) is 3.43. The maximum atomic E-state index is 13.1. The first kappa shape index (κ1) is 19.9. The molecule has 4 rings (SSSR count). The van der Waals surface area contributed by atoms with Crippen molar-refractivity contribution in [2.45, 2.75) is 32.2 Å². The van der Waals surface area contributed by atoms with E-state index < -0.39 is 0 Å². The summed E-state index contributed by atoms with van der Waals surface area (Å²) in [7, 11) is 3.19. The molecule has 30 heavy (non-hydrogen) atoms. The zero-order valence-electron chi connectivity index (χ0n) is 17.4. The van der Waals surface area contributed by atoms with Gasteiger partial charge in [0.2, 0.25) is 17.6 Å². The summed E-state index contributed by atoms with van der Waals surface area (Å²) in [6.45, 7) is 2.70. The van der Waals surface area contributed by atoms with Crippen molar-refractivity contribution in [1.82, 2.24) is 15.0 Å². The van der Waals surface area contributed by atoms with Crippen LogP contribution in [0.25, 0.3) is 11.4 Å². The number of hydrogen-bond donors (Lipinski definition) is 0. The Bertz CT molecular complexity index is 1020. The molecule has 1 fully saturated rings. The van der Waals surface area contributed by atoms with E-state index in [4.69, 9.17) is 14.0 Å². The minimum absolute atomic E-state index is 0.0168. The summed E-state index contributed by atoms with van der Waals surface area (Å²) in [4.78, 5) is 19.5. The van der Waals surface area contributed by atoms with Gasteiger partial charge in [0.15, 0.2) is 0 Å². The molecule has 7 nitrogen and oxygen atoms in total. The molecule has 0 radical (unpaired) electrons. The van der Waals surface area contributed by atoms with Crippen molar-refractivity contribution in [2.75, 3.05) is 20.8 Å². The third-order valence-corrected chi connectivity index (χ3v) is 5.34. The van der Waals surface area contributed by atoms with Crippen molar-refractivity contribution in [1.29, 1.82) is 0 Å².